The Kier molecular flexibility index (Phi) is 3.75. The van der Waals surface area contributed by atoms with Crippen molar-refractivity contribution < 1.29 is 9.53 Å². The maximum absolute atomic E-state index is 12.4. The van der Waals surface area contributed by atoms with E-state index in [1.807, 2.05) is 18.9 Å². The monoisotopic (exact) mass is 307 g/mol. The fraction of sp³-hybridized carbons (Fsp3) is 0.462. The summed E-state index contributed by atoms with van der Waals surface area (Å²) in [6.07, 6.45) is 0. The first-order chi connectivity index (χ1) is 10.1. The third kappa shape index (κ3) is 2.57. The molecule has 0 atom stereocenters. The number of nitrogens with one attached hydrogen (secondary N) is 1. The molecule has 3 rings (SSSR count). The maximum atomic E-state index is 12.4. The number of ether oxygens (including phenoxy) is 1. The minimum atomic E-state index is -0.200. The van der Waals surface area contributed by atoms with Crippen molar-refractivity contribution in [3.05, 3.63) is 16.1 Å². The molecule has 0 saturated carbocycles. The van der Waals surface area contributed by atoms with Gasteiger partial charge in [-0.25, -0.2) is 5.01 Å². The Balaban J connectivity index is 1.91. The summed E-state index contributed by atoms with van der Waals surface area (Å²) in [4.78, 5) is 13.6. The summed E-state index contributed by atoms with van der Waals surface area (Å²) in [6, 6.07) is 0. The van der Waals surface area contributed by atoms with Gasteiger partial charge in [0, 0.05) is 18.5 Å². The first kappa shape index (κ1) is 14.2. The zero-order chi connectivity index (χ0) is 15.0. The number of nitrogen functional groups attached to an aromatic ring is 1. The number of carbonyl (C=O) groups excluding carboxylic acids is 1. The number of thiophene rings is 1. The molecule has 2 aromatic rings. The number of fused-ring (bicyclic) bond motifs is 1. The van der Waals surface area contributed by atoms with E-state index in [0.29, 0.717) is 41.7 Å². The van der Waals surface area contributed by atoms with E-state index in [0.717, 1.165) is 16.6 Å². The van der Waals surface area contributed by atoms with E-state index >= 15 is 0 Å². The number of rotatable bonds is 2. The van der Waals surface area contributed by atoms with Crippen LogP contribution >= 0.6 is 11.3 Å². The molecule has 0 aromatic carbocycles. The number of hydrazine groups is 1. The molecule has 112 valence electrons. The van der Waals surface area contributed by atoms with Crippen molar-refractivity contribution in [1.82, 2.24) is 20.6 Å². The molecule has 0 unspecified atom stereocenters. The molecule has 0 bridgehead atoms. The molecule has 3 heterocycles. The topological polar surface area (TPSA) is 93.4 Å². The van der Waals surface area contributed by atoms with Crippen LogP contribution in [0, 0.1) is 13.8 Å². The molecule has 3 N–H and O–H groups in total. The van der Waals surface area contributed by atoms with Crippen LogP contribution in [0.4, 0.5) is 5.69 Å². The number of aromatic nitrogens is 2. The second-order valence-electron chi connectivity index (χ2n) is 4.98. The lowest BCUT2D eigenvalue weighted by atomic mass is 10.1. The second kappa shape index (κ2) is 5.55. The molecule has 1 aliphatic rings. The predicted molar refractivity (Wildman–Crippen MR) is 81.2 cm³/mol. The van der Waals surface area contributed by atoms with E-state index in [-0.39, 0.29) is 5.91 Å². The Labute approximate surface area is 126 Å². The lowest BCUT2D eigenvalue weighted by Crippen LogP contribution is -2.48. The van der Waals surface area contributed by atoms with Crippen LogP contribution in [-0.2, 0) is 4.74 Å². The van der Waals surface area contributed by atoms with Gasteiger partial charge < -0.3 is 10.5 Å². The molecule has 0 spiro atoms. The first-order valence-electron chi connectivity index (χ1n) is 6.73. The number of morpholine rings is 1. The highest BCUT2D eigenvalue weighted by Gasteiger charge is 2.22. The molecule has 21 heavy (non-hydrogen) atoms. The van der Waals surface area contributed by atoms with Crippen molar-refractivity contribution in [2.24, 2.45) is 0 Å². The smallest absolute Gasteiger partial charge is 0.277 e. The quantitative estimate of drug-likeness (QED) is 0.855. The van der Waals surface area contributed by atoms with E-state index in [4.69, 9.17) is 10.5 Å². The van der Waals surface area contributed by atoms with Gasteiger partial charge in [-0.2, -0.15) is 5.10 Å². The highest BCUT2D eigenvalue weighted by atomic mass is 32.1. The molecular weight excluding hydrogens is 290 g/mol. The number of aryl methyl sites for hydroxylation is 2. The number of hydrogen-bond donors (Lipinski definition) is 2. The summed E-state index contributed by atoms with van der Waals surface area (Å²) in [5.41, 5.74) is 11.3. The first-order valence-corrected chi connectivity index (χ1v) is 7.55. The summed E-state index contributed by atoms with van der Waals surface area (Å²) >= 11 is 1.27. The van der Waals surface area contributed by atoms with E-state index in [9.17, 15) is 4.79 Å². The summed E-state index contributed by atoms with van der Waals surface area (Å²) in [5, 5.41) is 10.9. The van der Waals surface area contributed by atoms with Crippen molar-refractivity contribution in [1.29, 1.82) is 0 Å². The van der Waals surface area contributed by atoms with Crippen LogP contribution in [0.15, 0.2) is 0 Å². The highest BCUT2D eigenvalue weighted by Crippen LogP contribution is 2.34. The predicted octanol–water partition coefficient (Wildman–Crippen LogP) is 0.867. The van der Waals surface area contributed by atoms with Gasteiger partial charge in [0.2, 0.25) is 0 Å². The van der Waals surface area contributed by atoms with Crippen LogP contribution in [0.3, 0.4) is 0 Å². The van der Waals surface area contributed by atoms with Gasteiger partial charge in [0.25, 0.3) is 5.91 Å². The lowest BCUT2D eigenvalue weighted by molar-refractivity contribution is 0.0128. The Morgan fingerprint density at radius 2 is 2.05 bits per heavy atom. The van der Waals surface area contributed by atoms with Gasteiger partial charge in [0.15, 0.2) is 0 Å². The van der Waals surface area contributed by atoms with Gasteiger partial charge in [-0.3, -0.25) is 10.2 Å². The number of nitrogens with zero attached hydrogens (tertiary/aromatic N) is 3. The minimum absolute atomic E-state index is 0.200. The molecule has 7 nitrogen and oxygen atoms in total. The molecule has 1 amide bonds. The van der Waals surface area contributed by atoms with Gasteiger partial charge in [-0.1, -0.05) is 0 Å². The zero-order valence-electron chi connectivity index (χ0n) is 12.0. The Hall–Kier alpha value is -1.77. The molecule has 0 aliphatic carbocycles. The fourth-order valence-corrected chi connectivity index (χ4v) is 3.27. The van der Waals surface area contributed by atoms with Gasteiger partial charge in [0.05, 0.1) is 24.6 Å². The van der Waals surface area contributed by atoms with Gasteiger partial charge in [-0.15, -0.1) is 16.4 Å². The van der Waals surface area contributed by atoms with Gasteiger partial charge in [-0.05, 0) is 19.4 Å². The fourth-order valence-electron chi connectivity index (χ4n) is 2.28. The largest absolute Gasteiger partial charge is 0.397 e. The highest BCUT2D eigenvalue weighted by molar-refractivity contribution is 7.21. The van der Waals surface area contributed by atoms with Crippen molar-refractivity contribution in [2.45, 2.75) is 13.8 Å². The Morgan fingerprint density at radius 1 is 1.33 bits per heavy atom. The average molecular weight is 307 g/mol. The van der Waals surface area contributed by atoms with Gasteiger partial charge >= 0.3 is 0 Å². The average Bonchev–Trinajstić information content (AvgIpc) is 2.82. The van der Waals surface area contributed by atoms with Gasteiger partial charge in [0.1, 0.15) is 9.71 Å². The molecular formula is C13H17N5O2S. The SMILES string of the molecule is Cc1nnc2sc(C(=O)NN3CCOCC3)c(N)c2c1C. The van der Waals surface area contributed by atoms with E-state index in [1.54, 1.807) is 0 Å². The summed E-state index contributed by atoms with van der Waals surface area (Å²) in [5.74, 6) is -0.200. The van der Waals surface area contributed by atoms with Crippen LogP contribution < -0.4 is 11.2 Å². The second-order valence-corrected chi connectivity index (χ2v) is 5.97. The third-order valence-corrected chi connectivity index (χ3v) is 4.70. The number of carbonyl (C=O) groups is 1. The van der Waals surface area contributed by atoms with Crippen LogP contribution in [0.2, 0.25) is 0 Å². The number of nitrogens with two attached hydrogens (primary N) is 1. The normalized spacial score (nSPS) is 16.3. The van der Waals surface area contributed by atoms with E-state index in [2.05, 4.69) is 15.6 Å². The maximum Gasteiger partial charge on any atom is 0.277 e. The van der Waals surface area contributed by atoms with Crippen LogP contribution in [-0.4, -0.2) is 47.4 Å². The van der Waals surface area contributed by atoms with Crippen LogP contribution in [0.5, 0.6) is 0 Å². The molecule has 1 fully saturated rings. The van der Waals surface area contributed by atoms with Crippen molar-refractivity contribution >= 4 is 33.1 Å². The minimum Gasteiger partial charge on any atom is -0.397 e. The zero-order valence-corrected chi connectivity index (χ0v) is 12.8. The number of hydrogen-bond acceptors (Lipinski definition) is 7. The molecule has 1 aliphatic heterocycles. The lowest BCUT2D eigenvalue weighted by Gasteiger charge is -2.26. The number of amides is 1. The molecule has 8 heteroatoms. The van der Waals surface area contributed by atoms with Crippen molar-refractivity contribution in [3.63, 3.8) is 0 Å². The van der Waals surface area contributed by atoms with Crippen molar-refractivity contribution in [3.8, 4) is 0 Å². The molecule has 2 aromatic heterocycles. The van der Waals surface area contributed by atoms with Crippen LogP contribution in [0.25, 0.3) is 10.2 Å². The standard InChI is InChI=1S/C13H17N5O2S/c1-7-8(2)15-16-13-9(7)10(14)11(21-13)12(19)17-18-3-5-20-6-4-18/h3-6,14H2,1-2H3,(H,17,19). The van der Waals surface area contributed by atoms with Crippen LogP contribution in [0.1, 0.15) is 20.9 Å². The summed E-state index contributed by atoms with van der Waals surface area (Å²) < 4.78 is 5.25. The van der Waals surface area contributed by atoms with E-state index in [1.165, 1.54) is 11.3 Å². The summed E-state index contributed by atoms with van der Waals surface area (Å²) in [7, 11) is 0. The number of anilines is 1. The van der Waals surface area contributed by atoms with Crippen molar-refractivity contribution in [2.75, 3.05) is 32.0 Å². The molecule has 0 radical (unpaired) electrons. The Morgan fingerprint density at radius 3 is 2.76 bits per heavy atom. The third-order valence-electron chi connectivity index (χ3n) is 3.61. The molecule has 1 saturated heterocycles. The summed E-state index contributed by atoms with van der Waals surface area (Å²) in [6.45, 7) is 6.41. The van der Waals surface area contributed by atoms with E-state index < -0.39 is 0 Å². The Bertz CT molecular complexity index is 693.